The molecule has 6 heteroatoms. The summed E-state index contributed by atoms with van der Waals surface area (Å²) in [5, 5.41) is 14.4. The Hall–Kier alpha value is -0.810. The van der Waals surface area contributed by atoms with Crippen molar-refractivity contribution in [2.75, 3.05) is 19.5 Å². The molecule has 0 fully saturated rings. The van der Waals surface area contributed by atoms with Crippen molar-refractivity contribution in [2.24, 2.45) is 5.10 Å². The van der Waals surface area contributed by atoms with Crippen molar-refractivity contribution in [3.05, 3.63) is 0 Å². The zero-order valence-electron chi connectivity index (χ0n) is 8.06. The summed E-state index contributed by atoms with van der Waals surface area (Å²) in [7, 11) is 1.53. The van der Waals surface area contributed by atoms with Crippen molar-refractivity contribution in [1.82, 2.24) is 9.91 Å². The molecule has 0 spiro atoms. The highest BCUT2D eigenvalue weighted by Gasteiger charge is 2.25. The lowest BCUT2D eigenvalue weighted by Crippen LogP contribution is -2.49. The molecule has 2 amide bonds. The summed E-state index contributed by atoms with van der Waals surface area (Å²) in [6, 6.07) is -0.283. The molecule has 0 aromatic rings. The number of hydrazone groups is 1. The highest BCUT2D eigenvalue weighted by Crippen LogP contribution is 2.07. The number of unbranched alkanes of at least 4 members (excludes halogenated alkanes) is 1. The second-order valence-corrected chi connectivity index (χ2v) is 3.47. The Morgan fingerprint density at radius 1 is 1.64 bits per heavy atom. The van der Waals surface area contributed by atoms with Crippen LogP contribution in [0, 0.1) is 0 Å². The number of carbonyl (C=O) groups is 1. The molecule has 1 unspecified atom stereocenters. The van der Waals surface area contributed by atoms with E-state index in [1.54, 1.807) is 0 Å². The molecular weight excluding hydrogens is 206 g/mol. The summed E-state index contributed by atoms with van der Waals surface area (Å²) >= 11 is 5.52. The molecule has 1 rings (SSSR count). The zero-order valence-corrected chi connectivity index (χ0v) is 8.81. The molecule has 0 bridgehead atoms. The average molecular weight is 220 g/mol. The molecule has 0 aromatic heterocycles. The van der Waals surface area contributed by atoms with Crippen LogP contribution in [-0.2, 0) is 0 Å². The minimum Gasteiger partial charge on any atom is -0.368 e. The average Bonchev–Trinajstić information content (AvgIpc) is 2.18. The van der Waals surface area contributed by atoms with Gasteiger partial charge in [0.2, 0.25) is 0 Å². The van der Waals surface area contributed by atoms with Crippen LogP contribution in [0.1, 0.15) is 12.8 Å². The fourth-order valence-corrected chi connectivity index (χ4v) is 1.28. The fraction of sp³-hybridized carbons (Fsp3) is 0.750. The Kier molecular flexibility index (Phi) is 4.16. The van der Waals surface area contributed by atoms with Crippen LogP contribution >= 0.6 is 11.6 Å². The fourth-order valence-electron chi connectivity index (χ4n) is 1.09. The number of hydrogen-bond acceptors (Lipinski definition) is 3. The van der Waals surface area contributed by atoms with Crippen molar-refractivity contribution in [3.63, 3.8) is 0 Å². The predicted octanol–water partition coefficient (Wildman–Crippen LogP) is 0.677. The van der Waals surface area contributed by atoms with E-state index in [0.717, 1.165) is 12.8 Å². The molecule has 0 saturated heterocycles. The van der Waals surface area contributed by atoms with Gasteiger partial charge in [-0.2, -0.15) is 5.10 Å². The van der Waals surface area contributed by atoms with Gasteiger partial charge in [-0.3, -0.25) is 4.90 Å². The number of amides is 2. The number of carbonyl (C=O) groups excluding carboxylic acids is 1. The van der Waals surface area contributed by atoms with Gasteiger partial charge in [-0.05, 0) is 12.8 Å². The number of nitrogens with zero attached hydrogens (tertiary/aromatic N) is 3. The zero-order chi connectivity index (χ0) is 10.6. The van der Waals surface area contributed by atoms with Gasteiger partial charge in [0, 0.05) is 19.5 Å². The molecule has 80 valence electrons. The van der Waals surface area contributed by atoms with E-state index in [2.05, 4.69) is 5.10 Å². The van der Waals surface area contributed by atoms with E-state index in [0.29, 0.717) is 12.4 Å². The predicted molar refractivity (Wildman–Crippen MR) is 54.3 cm³/mol. The van der Waals surface area contributed by atoms with Gasteiger partial charge >= 0.3 is 6.03 Å². The standard InChI is InChI=1S/C8H14ClN3O2/c1-11-7(13)6-10-12(8(11)14)5-3-2-4-9/h6-7,13H,2-5H2,1H3. The van der Waals surface area contributed by atoms with E-state index in [-0.39, 0.29) is 6.03 Å². The van der Waals surface area contributed by atoms with Gasteiger partial charge in [-0.15, -0.1) is 11.6 Å². The van der Waals surface area contributed by atoms with Crippen LogP contribution in [0.5, 0.6) is 0 Å². The quantitative estimate of drug-likeness (QED) is 0.558. The van der Waals surface area contributed by atoms with Crippen LogP contribution < -0.4 is 0 Å². The lowest BCUT2D eigenvalue weighted by atomic mass is 10.3. The number of rotatable bonds is 4. The van der Waals surface area contributed by atoms with Gasteiger partial charge in [0.15, 0.2) is 6.23 Å². The maximum atomic E-state index is 11.5. The normalized spacial score (nSPS) is 21.9. The molecule has 1 aliphatic rings. The van der Waals surface area contributed by atoms with E-state index >= 15 is 0 Å². The van der Waals surface area contributed by atoms with Gasteiger partial charge < -0.3 is 5.11 Å². The SMILES string of the molecule is CN1C(=O)N(CCCCCl)N=CC1O. The van der Waals surface area contributed by atoms with E-state index in [4.69, 9.17) is 11.6 Å². The maximum absolute atomic E-state index is 11.5. The van der Waals surface area contributed by atoms with E-state index in [1.807, 2.05) is 0 Å². The van der Waals surface area contributed by atoms with Crippen LogP contribution in [0.15, 0.2) is 5.10 Å². The van der Waals surface area contributed by atoms with Crippen molar-refractivity contribution in [2.45, 2.75) is 19.1 Å². The monoisotopic (exact) mass is 219 g/mol. The highest BCUT2D eigenvalue weighted by atomic mass is 35.5. The van der Waals surface area contributed by atoms with Crippen molar-refractivity contribution >= 4 is 23.8 Å². The molecule has 0 saturated carbocycles. The first kappa shape index (κ1) is 11.3. The summed E-state index contributed by atoms with van der Waals surface area (Å²) in [4.78, 5) is 12.7. The van der Waals surface area contributed by atoms with E-state index in [9.17, 15) is 9.90 Å². The molecule has 14 heavy (non-hydrogen) atoms. The van der Waals surface area contributed by atoms with E-state index in [1.165, 1.54) is 23.2 Å². The summed E-state index contributed by atoms with van der Waals surface area (Å²) < 4.78 is 0. The number of aliphatic hydroxyl groups is 1. The second kappa shape index (κ2) is 5.17. The largest absolute Gasteiger partial charge is 0.368 e. The third-order valence-corrected chi connectivity index (χ3v) is 2.28. The number of alkyl halides is 1. The number of urea groups is 1. The van der Waals surface area contributed by atoms with Gasteiger partial charge in [0.1, 0.15) is 0 Å². The number of halogens is 1. The third-order valence-electron chi connectivity index (χ3n) is 2.01. The molecule has 0 aromatic carbocycles. The highest BCUT2D eigenvalue weighted by molar-refractivity contribution is 6.17. The molecule has 1 aliphatic heterocycles. The summed E-state index contributed by atoms with van der Waals surface area (Å²) in [5.74, 6) is 0.588. The Bertz CT molecular complexity index is 235. The Labute approximate surface area is 87.9 Å². The molecular formula is C8H14ClN3O2. The Morgan fingerprint density at radius 3 is 3.00 bits per heavy atom. The number of hydrogen-bond donors (Lipinski definition) is 1. The third kappa shape index (κ3) is 2.59. The van der Waals surface area contributed by atoms with Gasteiger partial charge in [-0.25, -0.2) is 9.80 Å². The van der Waals surface area contributed by atoms with Crippen molar-refractivity contribution in [1.29, 1.82) is 0 Å². The van der Waals surface area contributed by atoms with Gasteiger partial charge in [0.05, 0.1) is 6.21 Å². The first-order valence-electron chi connectivity index (χ1n) is 4.49. The first-order valence-corrected chi connectivity index (χ1v) is 5.02. The van der Waals surface area contributed by atoms with Crippen molar-refractivity contribution < 1.29 is 9.90 Å². The Morgan fingerprint density at radius 2 is 2.36 bits per heavy atom. The lowest BCUT2D eigenvalue weighted by Gasteiger charge is -2.30. The smallest absolute Gasteiger partial charge is 0.342 e. The summed E-state index contributed by atoms with van der Waals surface area (Å²) in [5.41, 5.74) is 0. The molecule has 0 aliphatic carbocycles. The molecule has 1 atom stereocenters. The topological polar surface area (TPSA) is 56.1 Å². The molecule has 0 radical (unpaired) electrons. The summed E-state index contributed by atoms with van der Waals surface area (Å²) in [6.45, 7) is 0.541. The van der Waals surface area contributed by atoms with Crippen LogP contribution in [0.4, 0.5) is 4.79 Å². The van der Waals surface area contributed by atoms with Crippen molar-refractivity contribution in [3.8, 4) is 0 Å². The first-order chi connectivity index (χ1) is 6.66. The second-order valence-electron chi connectivity index (χ2n) is 3.09. The summed E-state index contributed by atoms with van der Waals surface area (Å²) in [6.07, 6.45) is 2.10. The van der Waals surface area contributed by atoms with Crippen LogP contribution in [0.2, 0.25) is 0 Å². The minimum atomic E-state index is -0.910. The Balaban J connectivity index is 2.46. The number of aliphatic hydroxyl groups excluding tert-OH is 1. The minimum absolute atomic E-state index is 0.283. The van der Waals surface area contributed by atoms with Gasteiger partial charge in [-0.1, -0.05) is 0 Å². The van der Waals surface area contributed by atoms with E-state index < -0.39 is 6.23 Å². The maximum Gasteiger partial charge on any atom is 0.342 e. The van der Waals surface area contributed by atoms with Crippen LogP contribution in [0.25, 0.3) is 0 Å². The lowest BCUT2D eigenvalue weighted by molar-refractivity contribution is 0.0690. The molecule has 5 nitrogen and oxygen atoms in total. The molecule has 1 N–H and O–H groups in total. The van der Waals surface area contributed by atoms with Gasteiger partial charge in [0.25, 0.3) is 0 Å². The van der Waals surface area contributed by atoms with Crippen LogP contribution in [0.3, 0.4) is 0 Å². The van der Waals surface area contributed by atoms with Crippen LogP contribution in [-0.4, -0.2) is 53.0 Å². The molecule has 1 heterocycles.